The molecule has 4 rings (SSSR count). The first-order valence-electron chi connectivity index (χ1n) is 11.5. The zero-order valence-corrected chi connectivity index (χ0v) is 18.9. The van der Waals surface area contributed by atoms with Crippen molar-refractivity contribution in [1.82, 2.24) is 20.1 Å². The Bertz CT molecular complexity index is 841. The second kappa shape index (κ2) is 11.3. The summed E-state index contributed by atoms with van der Waals surface area (Å²) in [4.78, 5) is 23.9. The Morgan fingerprint density at radius 2 is 1.91 bits per heavy atom. The number of hydrogen-bond donors (Lipinski definition) is 2. The molecule has 0 aliphatic carbocycles. The molecule has 1 aromatic carbocycles. The van der Waals surface area contributed by atoms with E-state index in [1.54, 1.807) is 6.20 Å². The molecule has 2 N–H and O–H groups in total. The highest BCUT2D eigenvalue weighted by molar-refractivity contribution is 5.89. The van der Waals surface area contributed by atoms with Gasteiger partial charge in [-0.1, -0.05) is 30.3 Å². The minimum Gasteiger partial charge on any atom is -0.378 e. The van der Waals surface area contributed by atoms with Crippen molar-refractivity contribution < 1.29 is 9.53 Å². The Kier molecular flexibility index (Phi) is 7.92. The summed E-state index contributed by atoms with van der Waals surface area (Å²) in [6, 6.07) is 14.7. The fourth-order valence-corrected chi connectivity index (χ4v) is 4.31. The van der Waals surface area contributed by atoms with Crippen LogP contribution in [0, 0.1) is 0 Å². The molecule has 2 aliphatic heterocycles. The van der Waals surface area contributed by atoms with Crippen LogP contribution < -0.4 is 15.5 Å². The molecule has 2 aromatic rings. The molecule has 1 unspecified atom stereocenters. The summed E-state index contributed by atoms with van der Waals surface area (Å²) in [7, 11) is 2.18. The lowest BCUT2D eigenvalue weighted by atomic mass is 10.0. The highest BCUT2D eigenvalue weighted by Gasteiger charge is 2.25. The molecular weight excluding hydrogens is 404 g/mol. The van der Waals surface area contributed by atoms with Gasteiger partial charge in [0.2, 0.25) is 0 Å². The topological polar surface area (TPSA) is 73.0 Å². The van der Waals surface area contributed by atoms with E-state index in [4.69, 9.17) is 4.74 Å². The van der Waals surface area contributed by atoms with Gasteiger partial charge in [0.25, 0.3) is 0 Å². The smallest absolute Gasteiger partial charge is 0.319 e. The van der Waals surface area contributed by atoms with Crippen molar-refractivity contribution in [3.63, 3.8) is 0 Å². The molecule has 1 aromatic heterocycles. The van der Waals surface area contributed by atoms with Crippen LogP contribution in [0.1, 0.15) is 18.0 Å². The third-order valence-electron chi connectivity index (χ3n) is 6.13. The normalized spacial score (nSPS) is 20.2. The van der Waals surface area contributed by atoms with Crippen molar-refractivity contribution in [3.05, 3.63) is 54.2 Å². The van der Waals surface area contributed by atoms with E-state index < -0.39 is 0 Å². The van der Waals surface area contributed by atoms with Crippen LogP contribution in [0.25, 0.3) is 0 Å². The van der Waals surface area contributed by atoms with Crippen LogP contribution in [0.3, 0.4) is 0 Å². The average Bonchev–Trinajstić information content (AvgIpc) is 2.84. The van der Waals surface area contributed by atoms with E-state index in [-0.39, 0.29) is 6.03 Å². The molecule has 0 spiro atoms. The molecule has 2 aliphatic rings. The van der Waals surface area contributed by atoms with Gasteiger partial charge < -0.3 is 25.2 Å². The predicted octanol–water partition coefficient (Wildman–Crippen LogP) is 2.42. The van der Waals surface area contributed by atoms with E-state index in [0.29, 0.717) is 18.3 Å². The lowest BCUT2D eigenvalue weighted by Gasteiger charge is -2.40. The fourth-order valence-electron chi connectivity index (χ4n) is 4.31. The molecule has 32 heavy (non-hydrogen) atoms. The number of aromatic nitrogens is 1. The summed E-state index contributed by atoms with van der Waals surface area (Å²) in [5, 5.41) is 5.85. The number of amides is 2. The maximum atomic E-state index is 12.3. The highest BCUT2D eigenvalue weighted by Crippen LogP contribution is 2.24. The third kappa shape index (κ3) is 6.18. The molecule has 0 saturated carbocycles. The Balaban J connectivity index is 1.20. The second-order valence-corrected chi connectivity index (χ2v) is 8.46. The van der Waals surface area contributed by atoms with Gasteiger partial charge in [-0.05, 0) is 31.2 Å². The van der Waals surface area contributed by atoms with Gasteiger partial charge in [-0.15, -0.1) is 0 Å². The molecule has 0 radical (unpaired) electrons. The standard InChI is InChI=1S/C24H34N6O2/c1-28-12-13-29(22(19-28)20-6-3-2-4-7-20)11-5-10-25-24(31)27-21-8-9-23(26-18-21)30-14-16-32-17-15-30/h2-4,6-9,18,22H,5,10-17,19H2,1H3,(H2,25,27,31). The first-order chi connectivity index (χ1) is 15.7. The van der Waals surface area contributed by atoms with Gasteiger partial charge in [-0.2, -0.15) is 0 Å². The SMILES string of the molecule is CN1CCN(CCCNC(=O)Nc2ccc(N3CCOCC3)nc2)C(c2ccccc2)C1. The van der Waals surface area contributed by atoms with Crippen molar-refractivity contribution >= 4 is 17.5 Å². The molecule has 8 nitrogen and oxygen atoms in total. The predicted molar refractivity (Wildman–Crippen MR) is 127 cm³/mol. The average molecular weight is 439 g/mol. The van der Waals surface area contributed by atoms with E-state index in [9.17, 15) is 4.79 Å². The molecule has 0 bridgehead atoms. The van der Waals surface area contributed by atoms with Crippen molar-refractivity contribution in [2.75, 3.05) is 76.3 Å². The molecular formula is C24H34N6O2. The number of rotatable bonds is 7. The number of piperazine rings is 1. The second-order valence-electron chi connectivity index (χ2n) is 8.46. The van der Waals surface area contributed by atoms with Crippen molar-refractivity contribution in [1.29, 1.82) is 0 Å². The number of urea groups is 1. The number of carbonyl (C=O) groups is 1. The van der Waals surface area contributed by atoms with Gasteiger partial charge in [0.1, 0.15) is 5.82 Å². The van der Waals surface area contributed by atoms with E-state index >= 15 is 0 Å². The minimum atomic E-state index is -0.191. The molecule has 1 atom stereocenters. The molecule has 172 valence electrons. The van der Waals surface area contributed by atoms with Crippen LogP contribution in [0.5, 0.6) is 0 Å². The number of nitrogens with one attached hydrogen (secondary N) is 2. The number of pyridine rings is 1. The fraction of sp³-hybridized carbons (Fsp3) is 0.500. The van der Waals surface area contributed by atoms with Crippen LogP contribution in [0.2, 0.25) is 0 Å². The number of nitrogens with zero attached hydrogens (tertiary/aromatic N) is 4. The van der Waals surface area contributed by atoms with Crippen LogP contribution in [0.15, 0.2) is 48.7 Å². The number of morpholine rings is 1. The van der Waals surface area contributed by atoms with E-state index in [0.717, 1.165) is 64.7 Å². The zero-order valence-electron chi connectivity index (χ0n) is 18.9. The third-order valence-corrected chi connectivity index (χ3v) is 6.13. The molecule has 2 fully saturated rings. The summed E-state index contributed by atoms with van der Waals surface area (Å²) in [5.74, 6) is 0.916. The van der Waals surface area contributed by atoms with Gasteiger partial charge >= 0.3 is 6.03 Å². The minimum absolute atomic E-state index is 0.191. The van der Waals surface area contributed by atoms with Gasteiger partial charge in [0, 0.05) is 51.9 Å². The Morgan fingerprint density at radius 3 is 2.66 bits per heavy atom. The molecule has 8 heteroatoms. The molecule has 3 heterocycles. The van der Waals surface area contributed by atoms with E-state index in [1.807, 2.05) is 12.1 Å². The monoisotopic (exact) mass is 438 g/mol. The van der Waals surface area contributed by atoms with Gasteiger partial charge in [0.15, 0.2) is 0 Å². The van der Waals surface area contributed by atoms with Crippen molar-refractivity contribution in [2.45, 2.75) is 12.5 Å². The number of likely N-dealkylation sites (N-methyl/N-ethyl adjacent to an activating group) is 1. The van der Waals surface area contributed by atoms with Crippen molar-refractivity contribution in [2.24, 2.45) is 0 Å². The lowest BCUT2D eigenvalue weighted by molar-refractivity contribution is 0.0890. The number of carbonyl (C=O) groups excluding carboxylic acids is 1. The number of ether oxygens (including phenoxy) is 1. The van der Waals surface area contributed by atoms with E-state index in [2.05, 4.69) is 67.7 Å². The quantitative estimate of drug-likeness (QED) is 0.647. The van der Waals surface area contributed by atoms with Crippen LogP contribution >= 0.6 is 0 Å². The zero-order chi connectivity index (χ0) is 22.2. The summed E-state index contributed by atoms with van der Waals surface area (Å²) in [6.07, 6.45) is 2.62. The van der Waals surface area contributed by atoms with E-state index in [1.165, 1.54) is 5.56 Å². The van der Waals surface area contributed by atoms with Crippen LogP contribution in [0.4, 0.5) is 16.3 Å². The summed E-state index contributed by atoms with van der Waals surface area (Å²) < 4.78 is 5.38. The Labute approximate surface area is 190 Å². The number of anilines is 2. The first kappa shape index (κ1) is 22.5. The van der Waals surface area contributed by atoms with Gasteiger partial charge in [-0.25, -0.2) is 9.78 Å². The first-order valence-corrected chi connectivity index (χ1v) is 11.5. The molecule has 2 amide bonds. The summed E-state index contributed by atoms with van der Waals surface area (Å²) >= 11 is 0. The van der Waals surface area contributed by atoms with Crippen LogP contribution in [-0.4, -0.2) is 86.9 Å². The lowest BCUT2D eigenvalue weighted by Crippen LogP contribution is -2.47. The summed E-state index contributed by atoms with van der Waals surface area (Å²) in [6.45, 7) is 7.90. The Hall–Kier alpha value is -2.68. The van der Waals surface area contributed by atoms with Gasteiger partial charge in [0.05, 0.1) is 25.1 Å². The summed E-state index contributed by atoms with van der Waals surface area (Å²) in [5.41, 5.74) is 2.06. The van der Waals surface area contributed by atoms with Crippen LogP contribution in [-0.2, 0) is 4.74 Å². The number of hydrogen-bond acceptors (Lipinski definition) is 6. The molecule has 2 saturated heterocycles. The largest absolute Gasteiger partial charge is 0.378 e. The maximum absolute atomic E-state index is 12.3. The Morgan fingerprint density at radius 1 is 1.09 bits per heavy atom. The highest BCUT2D eigenvalue weighted by atomic mass is 16.5. The number of benzene rings is 1. The van der Waals surface area contributed by atoms with Crippen molar-refractivity contribution in [3.8, 4) is 0 Å². The van der Waals surface area contributed by atoms with Gasteiger partial charge in [-0.3, -0.25) is 4.90 Å². The maximum Gasteiger partial charge on any atom is 0.319 e.